The van der Waals surface area contributed by atoms with Gasteiger partial charge in [0.25, 0.3) is 5.91 Å². The first-order valence-corrected chi connectivity index (χ1v) is 7.10. The number of benzene rings is 2. The summed E-state index contributed by atoms with van der Waals surface area (Å²) in [5.74, 6) is -0.416. The van der Waals surface area contributed by atoms with Gasteiger partial charge in [0.05, 0.1) is 0 Å². The smallest absolute Gasteiger partial charge is 0.251 e. The van der Waals surface area contributed by atoms with Gasteiger partial charge in [-0.25, -0.2) is 4.39 Å². The average Bonchev–Trinajstić information content (AvgIpc) is 2.56. The molecule has 0 saturated carbocycles. The number of halogens is 1. The molecule has 0 aliphatic heterocycles. The van der Waals surface area contributed by atoms with E-state index >= 15 is 0 Å². The molecule has 0 fully saturated rings. The highest BCUT2D eigenvalue weighted by Crippen LogP contribution is 2.17. The molecule has 0 spiro atoms. The minimum atomic E-state index is -0.244. The normalized spacial score (nSPS) is 10.6. The lowest BCUT2D eigenvalue weighted by Gasteiger charge is -2.08. The highest BCUT2D eigenvalue weighted by atomic mass is 19.1. The Kier molecular flexibility index (Phi) is 4.10. The van der Waals surface area contributed by atoms with Crippen LogP contribution in [0, 0.1) is 5.82 Å². The predicted octanol–water partition coefficient (Wildman–Crippen LogP) is 3.35. The van der Waals surface area contributed by atoms with Crippen LogP contribution in [-0.4, -0.2) is 17.4 Å². The largest absolute Gasteiger partial charge is 0.352 e. The van der Waals surface area contributed by atoms with E-state index in [4.69, 9.17) is 0 Å². The van der Waals surface area contributed by atoms with E-state index in [1.165, 1.54) is 6.07 Å². The molecular weight excluding hydrogens is 279 g/mol. The molecule has 4 heteroatoms. The number of hydrogen-bond acceptors (Lipinski definition) is 2. The molecule has 3 rings (SSSR count). The van der Waals surface area contributed by atoms with Crippen molar-refractivity contribution >= 4 is 16.7 Å². The molecular formula is C18H15FN2O. The van der Waals surface area contributed by atoms with Crippen molar-refractivity contribution in [1.29, 1.82) is 0 Å². The fourth-order valence-electron chi connectivity index (χ4n) is 2.42. The standard InChI is InChI=1S/C18H15FN2O/c19-17-7-2-1-4-14(17)9-11-21-18(22)15-6-3-5-13-8-10-20-12-16(13)15/h1-8,10,12H,9,11H2,(H,21,22). The molecule has 1 amide bonds. The molecule has 3 nitrogen and oxygen atoms in total. The van der Waals surface area contributed by atoms with Crippen molar-refractivity contribution in [1.82, 2.24) is 10.3 Å². The van der Waals surface area contributed by atoms with E-state index in [0.717, 1.165) is 10.8 Å². The molecule has 0 saturated heterocycles. The Morgan fingerprint density at radius 1 is 1.09 bits per heavy atom. The predicted molar refractivity (Wildman–Crippen MR) is 84.2 cm³/mol. The Bertz CT molecular complexity index is 812. The van der Waals surface area contributed by atoms with Crippen LogP contribution < -0.4 is 5.32 Å². The fraction of sp³-hybridized carbons (Fsp3) is 0.111. The van der Waals surface area contributed by atoms with Crippen molar-refractivity contribution in [2.24, 2.45) is 0 Å². The third-order valence-corrected chi connectivity index (χ3v) is 3.57. The van der Waals surface area contributed by atoms with Crippen LogP contribution in [0.3, 0.4) is 0 Å². The minimum absolute atomic E-state index is 0.171. The zero-order chi connectivity index (χ0) is 15.4. The van der Waals surface area contributed by atoms with Crippen LogP contribution in [0.25, 0.3) is 10.8 Å². The van der Waals surface area contributed by atoms with Gasteiger partial charge in [-0.2, -0.15) is 0 Å². The maximum Gasteiger partial charge on any atom is 0.251 e. The first kappa shape index (κ1) is 14.2. The van der Waals surface area contributed by atoms with Gasteiger partial charge < -0.3 is 5.32 Å². The lowest BCUT2D eigenvalue weighted by Crippen LogP contribution is -2.26. The third-order valence-electron chi connectivity index (χ3n) is 3.57. The molecule has 0 aliphatic carbocycles. The second-order valence-corrected chi connectivity index (χ2v) is 5.00. The highest BCUT2D eigenvalue weighted by Gasteiger charge is 2.09. The number of amides is 1. The van der Waals surface area contributed by atoms with E-state index < -0.39 is 0 Å². The van der Waals surface area contributed by atoms with E-state index in [9.17, 15) is 9.18 Å². The maximum absolute atomic E-state index is 13.5. The minimum Gasteiger partial charge on any atom is -0.352 e. The molecule has 2 aromatic carbocycles. The van der Waals surface area contributed by atoms with Crippen LogP contribution in [-0.2, 0) is 6.42 Å². The Balaban J connectivity index is 1.70. The number of nitrogens with zero attached hydrogens (tertiary/aromatic N) is 1. The van der Waals surface area contributed by atoms with Gasteiger partial charge in [0.15, 0.2) is 0 Å². The molecule has 0 unspecified atom stereocenters. The highest BCUT2D eigenvalue weighted by molar-refractivity contribution is 6.06. The Morgan fingerprint density at radius 3 is 2.82 bits per heavy atom. The molecule has 110 valence electrons. The molecule has 1 N–H and O–H groups in total. The number of carbonyl (C=O) groups is 1. The summed E-state index contributed by atoms with van der Waals surface area (Å²) in [5.41, 5.74) is 1.18. The second-order valence-electron chi connectivity index (χ2n) is 5.00. The van der Waals surface area contributed by atoms with Crippen molar-refractivity contribution < 1.29 is 9.18 Å². The number of aromatic nitrogens is 1. The van der Waals surface area contributed by atoms with Crippen LogP contribution in [0.4, 0.5) is 4.39 Å². The lowest BCUT2D eigenvalue weighted by molar-refractivity contribution is 0.0955. The summed E-state index contributed by atoms with van der Waals surface area (Å²) < 4.78 is 13.5. The van der Waals surface area contributed by atoms with Crippen molar-refractivity contribution in [3.63, 3.8) is 0 Å². The topological polar surface area (TPSA) is 42.0 Å². The van der Waals surface area contributed by atoms with Gasteiger partial charge in [0.2, 0.25) is 0 Å². The number of nitrogens with one attached hydrogen (secondary N) is 1. The molecule has 0 bridgehead atoms. The molecule has 0 aliphatic rings. The second kappa shape index (κ2) is 6.35. The van der Waals surface area contributed by atoms with Gasteiger partial charge in [-0.05, 0) is 35.6 Å². The van der Waals surface area contributed by atoms with Gasteiger partial charge in [-0.3, -0.25) is 9.78 Å². The average molecular weight is 294 g/mol. The number of carbonyl (C=O) groups excluding carboxylic acids is 1. The lowest BCUT2D eigenvalue weighted by atomic mass is 10.1. The van der Waals surface area contributed by atoms with E-state index in [1.54, 1.807) is 36.7 Å². The van der Waals surface area contributed by atoms with Gasteiger partial charge in [0, 0.05) is 29.9 Å². The van der Waals surface area contributed by atoms with E-state index in [1.807, 2.05) is 18.2 Å². The summed E-state index contributed by atoms with van der Waals surface area (Å²) in [7, 11) is 0. The summed E-state index contributed by atoms with van der Waals surface area (Å²) in [6.45, 7) is 0.385. The van der Waals surface area contributed by atoms with E-state index in [2.05, 4.69) is 10.3 Å². The molecule has 0 radical (unpaired) electrons. The van der Waals surface area contributed by atoms with Crippen LogP contribution in [0.5, 0.6) is 0 Å². The Morgan fingerprint density at radius 2 is 1.95 bits per heavy atom. The van der Waals surface area contributed by atoms with Crippen molar-refractivity contribution in [2.75, 3.05) is 6.54 Å². The van der Waals surface area contributed by atoms with Crippen molar-refractivity contribution in [2.45, 2.75) is 6.42 Å². The number of pyridine rings is 1. The van der Waals surface area contributed by atoms with Gasteiger partial charge in [-0.15, -0.1) is 0 Å². The molecule has 3 aromatic rings. The molecule has 22 heavy (non-hydrogen) atoms. The summed E-state index contributed by atoms with van der Waals surface area (Å²) in [4.78, 5) is 16.4. The summed E-state index contributed by atoms with van der Waals surface area (Å²) >= 11 is 0. The first-order chi connectivity index (χ1) is 10.8. The van der Waals surface area contributed by atoms with Crippen LogP contribution >= 0.6 is 0 Å². The van der Waals surface area contributed by atoms with Crippen molar-refractivity contribution in [3.05, 3.63) is 77.9 Å². The Labute approximate surface area is 127 Å². The zero-order valence-electron chi connectivity index (χ0n) is 11.9. The quantitative estimate of drug-likeness (QED) is 0.802. The van der Waals surface area contributed by atoms with Gasteiger partial charge in [0.1, 0.15) is 5.82 Å². The third kappa shape index (κ3) is 2.96. The van der Waals surface area contributed by atoms with E-state index in [-0.39, 0.29) is 11.7 Å². The van der Waals surface area contributed by atoms with Crippen LogP contribution in [0.1, 0.15) is 15.9 Å². The zero-order valence-corrected chi connectivity index (χ0v) is 11.9. The number of fused-ring (bicyclic) bond motifs is 1. The van der Waals surface area contributed by atoms with Gasteiger partial charge >= 0.3 is 0 Å². The van der Waals surface area contributed by atoms with Crippen LogP contribution in [0.2, 0.25) is 0 Å². The molecule has 1 heterocycles. The Hall–Kier alpha value is -2.75. The summed E-state index contributed by atoms with van der Waals surface area (Å²) in [6, 6.07) is 14.0. The van der Waals surface area contributed by atoms with Crippen molar-refractivity contribution in [3.8, 4) is 0 Å². The molecule has 0 atom stereocenters. The summed E-state index contributed by atoms with van der Waals surface area (Å²) in [6.07, 6.45) is 3.84. The SMILES string of the molecule is O=C(NCCc1ccccc1F)c1cccc2ccncc12. The number of hydrogen-bond donors (Lipinski definition) is 1. The first-order valence-electron chi connectivity index (χ1n) is 7.10. The maximum atomic E-state index is 13.5. The van der Waals surface area contributed by atoms with Crippen LogP contribution in [0.15, 0.2) is 60.9 Å². The summed E-state index contributed by atoms with van der Waals surface area (Å²) in [5, 5.41) is 4.62. The van der Waals surface area contributed by atoms with Gasteiger partial charge in [-0.1, -0.05) is 30.3 Å². The number of rotatable bonds is 4. The van der Waals surface area contributed by atoms with E-state index in [0.29, 0.717) is 24.1 Å². The molecule has 1 aromatic heterocycles. The monoisotopic (exact) mass is 294 g/mol. The fourth-order valence-corrected chi connectivity index (χ4v) is 2.42.